The first-order valence-corrected chi connectivity index (χ1v) is 3.07. The Bertz CT molecular complexity index is 53.5. The standard InChI is InChI=1S/C6H13NO/c1-2-3-4-7-5-6-8/h4,8H,2-3,5-6H2,1H3/p+1. The molecule has 0 amide bonds. The first-order valence-electron chi connectivity index (χ1n) is 3.07. The van der Waals surface area contributed by atoms with Crippen molar-refractivity contribution in [3.63, 3.8) is 0 Å². The molecule has 0 aromatic heterocycles. The minimum absolute atomic E-state index is 0.222. The minimum Gasteiger partial charge on any atom is -0.390 e. The van der Waals surface area contributed by atoms with E-state index in [4.69, 9.17) is 5.11 Å². The molecule has 0 heterocycles. The van der Waals surface area contributed by atoms with Crippen molar-refractivity contribution in [3.8, 4) is 0 Å². The van der Waals surface area contributed by atoms with Gasteiger partial charge in [-0.3, -0.25) is 0 Å². The average molecular weight is 116 g/mol. The molecule has 0 aromatic rings. The molecule has 0 radical (unpaired) electrons. The van der Waals surface area contributed by atoms with Crippen LogP contribution in [0, 0.1) is 0 Å². The zero-order chi connectivity index (χ0) is 6.24. The summed E-state index contributed by atoms with van der Waals surface area (Å²) in [6.45, 7) is 3.03. The average Bonchev–Trinajstić information content (AvgIpc) is 1.81. The molecule has 0 aliphatic rings. The number of rotatable bonds is 4. The first kappa shape index (κ1) is 7.63. The van der Waals surface area contributed by atoms with E-state index in [1.54, 1.807) is 0 Å². The van der Waals surface area contributed by atoms with Gasteiger partial charge in [-0.05, 0) is 6.42 Å². The Labute approximate surface area is 50.3 Å². The number of aliphatic hydroxyl groups excluding tert-OH is 1. The second kappa shape index (κ2) is 6.63. The van der Waals surface area contributed by atoms with Crippen molar-refractivity contribution in [3.05, 3.63) is 0 Å². The van der Waals surface area contributed by atoms with Crippen molar-refractivity contribution in [2.24, 2.45) is 0 Å². The lowest BCUT2D eigenvalue weighted by Gasteiger charge is -1.78. The van der Waals surface area contributed by atoms with Gasteiger partial charge in [0, 0.05) is 6.42 Å². The molecular formula is C6H14NO+. The molecule has 0 spiro atoms. The van der Waals surface area contributed by atoms with Crippen LogP contribution in [0.4, 0.5) is 0 Å². The van der Waals surface area contributed by atoms with Gasteiger partial charge < -0.3 is 5.11 Å². The van der Waals surface area contributed by atoms with Gasteiger partial charge in [0.2, 0.25) is 0 Å². The van der Waals surface area contributed by atoms with E-state index in [0.29, 0.717) is 6.54 Å². The van der Waals surface area contributed by atoms with Crippen molar-refractivity contribution in [2.45, 2.75) is 19.8 Å². The largest absolute Gasteiger partial charge is 0.390 e. The molecule has 8 heavy (non-hydrogen) atoms. The van der Waals surface area contributed by atoms with Crippen molar-refractivity contribution < 1.29 is 10.1 Å². The summed E-state index contributed by atoms with van der Waals surface area (Å²) in [5, 5.41) is 8.28. The molecule has 0 rings (SSSR count). The van der Waals surface area contributed by atoms with Gasteiger partial charge in [-0.1, -0.05) is 6.92 Å². The minimum atomic E-state index is 0.222. The van der Waals surface area contributed by atoms with E-state index in [9.17, 15) is 0 Å². The highest BCUT2D eigenvalue weighted by molar-refractivity contribution is 5.49. The molecule has 0 saturated carbocycles. The Kier molecular flexibility index (Phi) is 6.32. The van der Waals surface area contributed by atoms with Crippen molar-refractivity contribution in [1.82, 2.24) is 0 Å². The smallest absolute Gasteiger partial charge is 0.163 e. The molecule has 0 atom stereocenters. The molecule has 0 saturated heterocycles. The summed E-state index contributed by atoms with van der Waals surface area (Å²) in [4.78, 5) is 2.96. The lowest BCUT2D eigenvalue weighted by molar-refractivity contribution is -0.456. The Morgan fingerprint density at radius 2 is 2.38 bits per heavy atom. The Morgan fingerprint density at radius 3 is 2.88 bits per heavy atom. The van der Waals surface area contributed by atoms with E-state index in [1.807, 2.05) is 6.21 Å². The molecule has 2 N–H and O–H groups in total. The van der Waals surface area contributed by atoms with Gasteiger partial charge in [0.25, 0.3) is 0 Å². The van der Waals surface area contributed by atoms with Crippen LogP contribution < -0.4 is 4.99 Å². The number of hydrogen-bond acceptors (Lipinski definition) is 1. The summed E-state index contributed by atoms with van der Waals surface area (Å²) in [7, 11) is 0. The highest BCUT2D eigenvalue weighted by Gasteiger charge is 1.79. The van der Waals surface area contributed by atoms with E-state index >= 15 is 0 Å². The van der Waals surface area contributed by atoms with Crippen LogP contribution in [-0.4, -0.2) is 24.5 Å². The molecule has 0 bridgehead atoms. The van der Waals surface area contributed by atoms with Gasteiger partial charge in [0.05, 0.1) is 0 Å². The number of unbranched alkanes of at least 4 members (excludes halogenated alkanes) is 1. The molecule has 0 aliphatic carbocycles. The molecule has 0 aromatic carbocycles. The lowest BCUT2D eigenvalue weighted by Crippen LogP contribution is -2.70. The van der Waals surface area contributed by atoms with Gasteiger partial charge in [-0.15, -0.1) is 0 Å². The second-order valence-corrected chi connectivity index (χ2v) is 1.67. The fraction of sp³-hybridized carbons (Fsp3) is 0.833. The Hall–Kier alpha value is -0.370. The monoisotopic (exact) mass is 116 g/mol. The van der Waals surface area contributed by atoms with Crippen LogP contribution in [0.1, 0.15) is 19.8 Å². The molecule has 2 heteroatoms. The highest BCUT2D eigenvalue weighted by atomic mass is 16.3. The Morgan fingerprint density at radius 1 is 1.62 bits per heavy atom. The third kappa shape index (κ3) is 5.63. The zero-order valence-corrected chi connectivity index (χ0v) is 5.35. The topological polar surface area (TPSA) is 34.2 Å². The SMILES string of the molecule is CCCC=[NH+]CCO. The summed E-state index contributed by atoms with van der Waals surface area (Å²) in [6.07, 6.45) is 4.23. The van der Waals surface area contributed by atoms with Gasteiger partial charge in [0.1, 0.15) is 12.8 Å². The number of nitrogens with one attached hydrogen (secondary N) is 1. The lowest BCUT2D eigenvalue weighted by atomic mass is 10.4. The molecule has 48 valence electrons. The quantitative estimate of drug-likeness (QED) is 0.451. The highest BCUT2D eigenvalue weighted by Crippen LogP contribution is 1.73. The van der Waals surface area contributed by atoms with Crippen LogP contribution in [0.3, 0.4) is 0 Å². The van der Waals surface area contributed by atoms with E-state index in [-0.39, 0.29) is 6.61 Å². The number of aliphatic hydroxyl groups is 1. The molecule has 0 unspecified atom stereocenters. The van der Waals surface area contributed by atoms with E-state index in [0.717, 1.165) is 6.42 Å². The third-order valence-electron chi connectivity index (χ3n) is 0.833. The predicted octanol–water partition coefficient (Wildman–Crippen LogP) is -1.07. The van der Waals surface area contributed by atoms with Crippen LogP contribution in [0.25, 0.3) is 0 Å². The van der Waals surface area contributed by atoms with Gasteiger partial charge >= 0.3 is 0 Å². The van der Waals surface area contributed by atoms with Crippen molar-refractivity contribution in [2.75, 3.05) is 13.2 Å². The summed E-state index contributed by atoms with van der Waals surface area (Å²) in [5.74, 6) is 0. The van der Waals surface area contributed by atoms with Gasteiger partial charge in [-0.2, -0.15) is 0 Å². The summed E-state index contributed by atoms with van der Waals surface area (Å²) < 4.78 is 0. The molecule has 2 nitrogen and oxygen atoms in total. The molecular weight excluding hydrogens is 102 g/mol. The first-order chi connectivity index (χ1) is 3.91. The van der Waals surface area contributed by atoms with Crippen molar-refractivity contribution >= 4 is 6.21 Å². The fourth-order valence-electron chi connectivity index (χ4n) is 0.413. The second-order valence-electron chi connectivity index (χ2n) is 1.67. The van der Waals surface area contributed by atoms with Crippen LogP contribution in [0.15, 0.2) is 0 Å². The van der Waals surface area contributed by atoms with Crippen LogP contribution >= 0.6 is 0 Å². The van der Waals surface area contributed by atoms with E-state index < -0.39 is 0 Å². The Balaban J connectivity index is 2.83. The van der Waals surface area contributed by atoms with E-state index in [1.165, 1.54) is 6.42 Å². The fourth-order valence-corrected chi connectivity index (χ4v) is 0.413. The molecule has 0 fully saturated rings. The molecule has 0 aliphatic heterocycles. The normalized spacial score (nSPS) is 10.8. The van der Waals surface area contributed by atoms with E-state index in [2.05, 4.69) is 11.9 Å². The zero-order valence-electron chi connectivity index (χ0n) is 5.35. The summed E-state index contributed by atoms with van der Waals surface area (Å²) >= 11 is 0. The third-order valence-corrected chi connectivity index (χ3v) is 0.833. The van der Waals surface area contributed by atoms with Crippen LogP contribution in [0.5, 0.6) is 0 Å². The summed E-state index contributed by atoms with van der Waals surface area (Å²) in [5.41, 5.74) is 0. The van der Waals surface area contributed by atoms with Gasteiger partial charge in [-0.25, -0.2) is 4.99 Å². The van der Waals surface area contributed by atoms with Crippen LogP contribution in [0.2, 0.25) is 0 Å². The van der Waals surface area contributed by atoms with Gasteiger partial charge in [0.15, 0.2) is 6.54 Å². The predicted molar refractivity (Wildman–Crippen MR) is 33.9 cm³/mol. The summed E-state index contributed by atoms with van der Waals surface area (Å²) in [6, 6.07) is 0. The maximum absolute atomic E-state index is 8.28. The van der Waals surface area contributed by atoms with Crippen molar-refractivity contribution in [1.29, 1.82) is 0 Å². The van der Waals surface area contributed by atoms with Crippen LogP contribution in [-0.2, 0) is 0 Å². The maximum atomic E-state index is 8.28. The maximum Gasteiger partial charge on any atom is 0.163 e. The number of hydrogen-bond donors (Lipinski definition) is 2.